The van der Waals surface area contributed by atoms with Gasteiger partial charge in [0.25, 0.3) is 0 Å². The molecule has 5 rings (SSSR count). The van der Waals surface area contributed by atoms with Crippen molar-refractivity contribution in [3.63, 3.8) is 0 Å². The van der Waals surface area contributed by atoms with Crippen molar-refractivity contribution in [1.29, 1.82) is 0 Å². The molecule has 0 radical (unpaired) electrons. The summed E-state index contributed by atoms with van der Waals surface area (Å²) in [6.07, 6.45) is -4.25. The highest BCUT2D eigenvalue weighted by molar-refractivity contribution is 5.10. The Kier molecular flexibility index (Phi) is 3.39. The maximum atomic E-state index is 13.4. The van der Waals surface area contributed by atoms with Gasteiger partial charge in [-0.2, -0.15) is 13.2 Å². The molecule has 7 heteroatoms. The highest BCUT2D eigenvalue weighted by Gasteiger charge is 2.71. The summed E-state index contributed by atoms with van der Waals surface area (Å²) in [5.74, 6) is -1.56. The fourth-order valence-electron chi connectivity index (χ4n) is 5.28. The van der Waals surface area contributed by atoms with Crippen LogP contribution in [0.1, 0.15) is 46.5 Å². The zero-order valence-electron chi connectivity index (χ0n) is 13.6. The minimum absolute atomic E-state index is 0.0900. The van der Waals surface area contributed by atoms with E-state index in [4.69, 9.17) is 19.2 Å². The Morgan fingerprint density at radius 1 is 1.00 bits per heavy atom. The van der Waals surface area contributed by atoms with E-state index in [1.165, 1.54) is 0 Å². The predicted octanol–water partition coefficient (Wildman–Crippen LogP) is 3.80. The smallest absolute Gasteiger partial charge is 0.336 e. The number of hydrogen-bond donors (Lipinski definition) is 0. The lowest BCUT2D eigenvalue weighted by atomic mass is 9.57. The van der Waals surface area contributed by atoms with Gasteiger partial charge in [-0.3, -0.25) is 0 Å². The van der Waals surface area contributed by atoms with E-state index < -0.39 is 35.9 Å². The van der Waals surface area contributed by atoms with Crippen LogP contribution >= 0.6 is 0 Å². The molecule has 23 heavy (non-hydrogen) atoms. The van der Waals surface area contributed by atoms with Crippen molar-refractivity contribution < 1.29 is 32.4 Å². The Morgan fingerprint density at radius 2 is 1.74 bits per heavy atom. The number of halogens is 3. The van der Waals surface area contributed by atoms with Gasteiger partial charge in [0.1, 0.15) is 0 Å². The average molecular weight is 336 g/mol. The molecule has 0 aromatic carbocycles. The van der Waals surface area contributed by atoms with E-state index in [0.717, 1.165) is 12.8 Å². The van der Waals surface area contributed by atoms with Gasteiger partial charge in [-0.15, -0.1) is 0 Å². The average Bonchev–Trinajstić information content (AvgIpc) is 2.68. The molecule has 0 N–H and O–H groups in total. The first-order valence-electron chi connectivity index (χ1n) is 8.44. The largest absolute Gasteiger partial charge is 0.415 e. The number of fused-ring (bicyclic) bond motifs is 2. The SMILES string of the molecule is C[C@@H]1CC[C@H]2[C@@H](C)C(C(F)(F)F)O[C@@H]3O[C@@]4(C)CC[C@@H]1[C@]32OO4. The molecule has 1 aliphatic carbocycles. The molecule has 4 saturated heterocycles. The van der Waals surface area contributed by atoms with Crippen molar-refractivity contribution in [3.05, 3.63) is 0 Å². The second-order valence-corrected chi connectivity index (χ2v) is 7.87. The lowest BCUT2D eigenvalue weighted by molar-refractivity contribution is -0.575. The minimum Gasteiger partial charge on any atom is -0.336 e. The van der Waals surface area contributed by atoms with Gasteiger partial charge in [0.2, 0.25) is 5.79 Å². The monoisotopic (exact) mass is 336 g/mol. The highest BCUT2D eigenvalue weighted by atomic mass is 19.4. The number of hydrogen-bond acceptors (Lipinski definition) is 4. The maximum Gasteiger partial charge on any atom is 0.415 e. The molecule has 0 aromatic heterocycles. The molecule has 1 spiro atoms. The molecule has 1 unspecified atom stereocenters. The molecule has 4 nitrogen and oxygen atoms in total. The Hall–Kier alpha value is -0.370. The van der Waals surface area contributed by atoms with Crippen LogP contribution in [-0.4, -0.2) is 30.0 Å². The molecule has 5 aliphatic rings. The molecule has 132 valence electrons. The Bertz CT molecular complexity index is 498. The molecule has 8 atom stereocenters. The van der Waals surface area contributed by atoms with Crippen LogP contribution in [0.15, 0.2) is 0 Å². The first-order valence-corrected chi connectivity index (χ1v) is 8.44. The second-order valence-electron chi connectivity index (χ2n) is 7.87. The van der Waals surface area contributed by atoms with Crippen LogP contribution in [-0.2, 0) is 19.2 Å². The van der Waals surface area contributed by atoms with E-state index in [0.29, 0.717) is 18.8 Å². The molecule has 4 heterocycles. The summed E-state index contributed by atoms with van der Waals surface area (Å²) in [7, 11) is 0. The van der Waals surface area contributed by atoms with Crippen LogP contribution in [0.25, 0.3) is 0 Å². The first kappa shape index (κ1) is 16.1. The van der Waals surface area contributed by atoms with E-state index in [9.17, 15) is 13.2 Å². The van der Waals surface area contributed by atoms with Gasteiger partial charge < -0.3 is 9.47 Å². The lowest BCUT2D eigenvalue weighted by Gasteiger charge is -2.60. The number of ether oxygens (including phenoxy) is 2. The van der Waals surface area contributed by atoms with Crippen LogP contribution in [0.3, 0.4) is 0 Å². The van der Waals surface area contributed by atoms with Crippen molar-refractivity contribution in [2.45, 2.75) is 76.4 Å². The van der Waals surface area contributed by atoms with E-state index in [1.807, 2.05) is 0 Å². The van der Waals surface area contributed by atoms with Crippen LogP contribution in [0, 0.1) is 23.7 Å². The molecule has 4 aliphatic heterocycles. The number of alkyl halides is 3. The van der Waals surface area contributed by atoms with Crippen LogP contribution in [0.2, 0.25) is 0 Å². The van der Waals surface area contributed by atoms with E-state index in [-0.39, 0.29) is 11.8 Å². The fourth-order valence-corrected chi connectivity index (χ4v) is 5.28. The zero-order chi connectivity index (χ0) is 16.6. The predicted molar refractivity (Wildman–Crippen MR) is 72.9 cm³/mol. The topological polar surface area (TPSA) is 36.9 Å². The Labute approximate surface area is 133 Å². The normalized spacial score (nSPS) is 56.1. The van der Waals surface area contributed by atoms with Gasteiger partial charge in [-0.1, -0.05) is 13.8 Å². The van der Waals surface area contributed by atoms with Gasteiger partial charge >= 0.3 is 6.18 Å². The summed E-state index contributed by atoms with van der Waals surface area (Å²) in [5, 5.41) is 0. The quantitative estimate of drug-likeness (QED) is 0.631. The Balaban J connectivity index is 1.79. The maximum absolute atomic E-state index is 13.4. The van der Waals surface area contributed by atoms with Crippen LogP contribution in [0.4, 0.5) is 13.2 Å². The van der Waals surface area contributed by atoms with Crippen molar-refractivity contribution in [2.24, 2.45) is 23.7 Å². The molecule has 0 aromatic rings. The summed E-state index contributed by atoms with van der Waals surface area (Å²) in [4.78, 5) is 11.4. The molecule has 0 amide bonds. The molecule has 5 fully saturated rings. The lowest BCUT2D eigenvalue weighted by Crippen LogP contribution is -2.71. The number of rotatable bonds is 0. The van der Waals surface area contributed by atoms with Gasteiger partial charge in [0.15, 0.2) is 18.0 Å². The van der Waals surface area contributed by atoms with Crippen LogP contribution in [0.5, 0.6) is 0 Å². The third-order valence-electron chi connectivity index (χ3n) is 6.48. The standard InChI is InChI=1S/C16H23F3O4/c1-8-4-5-11-9(2)12(16(17,18)19)20-13-15(11)10(8)6-7-14(3,21-13)22-23-15/h8-13H,4-7H2,1-3H3/t8-,9-,10+,11+,12?,13-,14-,15-/m1/s1. The zero-order valence-corrected chi connectivity index (χ0v) is 13.6. The summed E-state index contributed by atoms with van der Waals surface area (Å²) in [6.45, 7) is 5.46. The van der Waals surface area contributed by atoms with Gasteiger partial charge in [-0.05, 0) is 43.9 Å². The second kappa shape index (κ2) is 4.84. The van der Waals surface area contributed by atoms with E-state index >= 15 is 0 Å². The fraction of sp³-hybridized carbons (Fsp3) is 1.00. The van der Waals surface area contributed by atoms with Crippen molar-refractivity contribution in [1.82, 2.24) is 0 Å². The van der Waals surface area contributed by atoms with Crippen LogP contribution < -0.4 is 0 Å². The summed E-state index contributed by atoms with van der Waals surface area (Å²) in [6, 6.07) is 0. The molecular formula is C16H23F3O4. The third kappa shape index (κ3) is 2.12. The minimum atomic E-state index is -4.41. The van der Waals surface area contributed by atoms with Crippen molar-refractivity contribution >= 4 is 0 Å². The van der Waals surface area contributed by atoms with Gasteiger partial charge in [-0.25, -0.2) is 9.78 Å². The molecular weight excluding hydrogens is 313 g/mol. The molecule has 2 bridgehead atoms. The van der Waals surface area contributed by atoms with Gasteiger partial charge in [0, 0.05) is 12.3 Å². The third-order valence-corrected chi connectivity index (χ3v) is 6.48. The first-order chi connectivity index (χ1) is 10.7. The van der Waals surface area contributed by atoms with E-state index in [2.05, 4.69) is 6.92 Å². The van der Waals surface area contributed by atoms with E-state index in [1.54, 1.807) is 13.8 Å². The van der Waals surface area contributed by atoms with Crippen molar-refractivity contribution in [2.75, 3.05) is 0 Å². The summed E-state index contributed by atoms with van der Waals surface area (Å²) < 4.78 is 51.7. The highest BCUT2D eigenvalue weighted by Crippen LogP contribution is 2.61. The summed E-state index contributed by atoms with van der Waals surface area (Å²) in [5.41, 5.74) is -0.922. The summed E-state index contributed by atoms with van der Waals surface area (Å²) >= 11 is 0. The van der Waals surface area contributed by atoms with Crippen molar-refractivity contribution in [3.8, 4) is 0 Å². The molecule has 1 saturated carbocycles. The van der Waals surface area contributed by atoms with Gasteiger partial charge in [0.05, 0.1) is 0 Å². The Morgan fingerprint density at radius 3 is 2.43 bits per heavy atom.